The van der Waals surface area contributed by atoms with Gasteiger partial charge >= 0.3 is 0 Å². The maximum absolute atomic E-state index is 13.4. The lowest BCUT2D eigenvalue weighted by molar-refractivity contribution is -0.114. The summed E-state index contributed by atoms with van der Waals surface area (Å²) in [6.07, 6.45) is 6.09. The average Bonchev–Trinajstić information content (AvgIpc) is 3.04. The zero-order chi connectivity index (χ0) is 19.7. The van der Waals surface area contributed by atoms with Gasteiger partial charge in [0.1, 0.15) is 11.5 Å². The Balaban J connectivity index is 1.70. The van der Waals surface area contributed by atoms with Crippen molar-refractivity contribution in [3.05, 3.63) is 70.8 Å². The zero-order valence-corrected chi connectivity index (χ0v) is 16.5. The molecule has 4 rings (SSSR count). The van der Waals surface area contributed by atoms with Gasteiger partial charge in [-0.1, -0.05) is 24.3 Å². The summed E-state index contributed by atoms with van der Waals surface area (Å²) in [5.41, 5.74) is 3.79. The number of Topliss-reactive ketones (excluding diaryl/α,β-unsaturated/α-hetero) is 1. The molecule has 0 saturated carbocycles. The average molecular weight is 375 g/mol. The molecule has 2 atom stereocenters. The van der Waals surface area contributed by atoms with E-state index in [-0.39, 0.29) is 17.9 Å². The molecule has 2 saturated heterocycles. The third-order valence-corrected chi connectivity index (χ3v) is 5.82. The van der Waals surface area contributed by atoms with Gasteiger partial charge in [-0.3, -0.25) is 9.69 Å². The Hall–Kier alpha value is -2.85. The van der Waals surface area contributed by atoms with Crippen molar-refractivity contribution in [1.82, 2.24) is 4.90 Å². The quantitative estimate of drug-likeness (QED) is 0.750. The number of likely N-dealkylation sites (N-methyl/N-ethyl adjacent to an activating group) is 1. The first-order valence-electron chi connectivity index (χ1n) is 9.58. The van der Waals surface area contributed by atoms with E-state index in [1.807, 2.05) is 60.7 Å². The maximum atomic E-state index is 13.4. The summed E-state index contributed by atoms with van der Waals surface area (Å²) in [4.78, 5) is 15.7. The number of carbonyl (C=O) groups is 1. The van der Waals surface area contributed by atoms with Gasteiger partial charge in [-0.15, -0.1) is 0 Å². The zero-order valence-electron chi connectivity index (χ0n) is 16.5. The van der Waals surface area contributed by atoms with Crippen LogP contribution in [0, 0.1) is 0 Å². The highest BCUT2D eigenvalue weighted by atomic mass is 16.5. The summed E-state index contributed by atoms with van der Waals surface area (Å²) in [5.74, 6) is 1.79. The molecule has 0 aliphatic carbocycles. The Kier molecular flexibility index (Phi) is 5.05. The second-order valence-electron chi connectivity index (χ2n) is 7.35. The van der Waals surface area contributed by atoms with Crippen molar-refractivity contribution in [2.24, 2.45) is 0 Å². The molecule has 144 valence electrons. The predicted octanol–water partition coefficient (Wildman–Crippen LogP) is 4.22. The molecule has 28 heavy (non-hydrogen) atoms. The molecule has 0 N–H and O–H groups in total. The SMILES string of the molecule is COc1ccc(/C=C2/C(=O)/C(=C/c3ccc(OC)cc3)C3CCC2N3C)cc1. The Morgan fingerprint density at radius 2 is 1.18 bits per heavy atom. The molecule has 0 aromatic heterocycles. The molecule has 2 heterocycles. The Bertz CT molecular complexity index is 850. The highest BCUT2D eigenvalue weighted by Gasteiger charge is 2.44. The van der Waals surface area contributed by atoms with Crippen molar-refractivity contribution in [1.29, 1.82) is 0 Å². The molecule has 2 aromatic carbocycles. The third kappa shape index (κ3) is 3.36. The van der Waals surface area contributed by atoms with Gasteiger partial charge in [0, 0.05) is 23.2 Å². The smallest absolute Gasteiger partial charge is 0.188 e. The summed E-state index contributed by atoms with van der Waals surface area (Å²) in [5, 5.41) is 0. The van der Waals surface area contributed by atoms with Crippen molar-refractivity contribution in [2.75, 3.05) is 21.3 Å². The number of hydrogen-bond acceptors (Lipinski definition) is 4. The first-order valence-corrected chi connectivity index (χ1v) is 9.58. The first-order chi connectivity index (χ1) is 13.6. The molecule has 0 spiro atoms. The lowest BCUT2D eigenvalue weighted by atomic mass is 9.88. The van der Waals surface area contributed by atoms with Gasteiger partial charge < -0.3 is 9.47 Å². The normalized spacial score (nSPS) is 24.8. The number of ether oxygens (including phenoxy) is 2. The van der Waals surface area contributed by atoms with Crippen LogP contribution in [0.4, 0.5) is 0 Å². The number of ketones is 1. The second kappa shape index (κ2) is 7.64. The van der Waals surface area contributed by atoms with Gasteiger partial charge in [-0.05, 0) is 67.4 Å². The van der Waals surface area contributed by atoms with Gasteiger partial charge in [0.15, 0.2) is 5.78 Å². The largest absolute Gasteiger partial charge is 0.497 e. The summed E-state index contributed by atoms with van der Waals surface area (Å²) < 4.78 is 10.5. The fraction of sp³-hybridized carbons (Fsp3) is 0.292. The number of benzene rings is 2. The van der Waals surface area contributed by atoms with E-state index < -0.39 is 0 Å². The van der Waals surface area contributed by atoms with E-state index in [1.165, 1.54) is 0 Å². The van der Waals surface area contributed by atoms with Crippen LogP contribution in [-0.4, -0.2) is 44.0 Å². The van der Waals surface area contributed by atoms with E-state index in [2.05, 4.69) is 11.9 Å². The van der Waals surface area contributed by atoms with E-state index >= 15 is 0 Å². The van der Waals surface area contributed by atoms with Crippen molar-refractivity contribution in [3.8, 4) is 11.5 Å². The van der Waals surface area contributed by atoms with E-state index in [4.69, 9.17) is 9.47 Å². The number of rotatable bonds is 4. The minimum absolute atomic E-state index is 0.164. The van der Waals surface area contributed by atoms with Crippen LogP contribution in [0.3, 0.4) is 0 Å². The molecule has 2 aliphatic rings. The molecular weight excluding hydrogens is 350 g/mol. The molecule has 0 radical (unpaired) electrons. The Labute approximate surface area is 166 Å². The molecule has 2 bridgehead atoms. The van der Waals surface area contributed by atoms with Crippen molar-refractivity contribution < 1.29 is 14.3 Å². The van der Waals surface area contributed by atoms with Gasteiger partial charge in [-0.25, -0.2) is 0 Å². The van der Waals surface area contributed by atoms with E-state index in [0.717, 1.165) is 46.6 Å². The minimum Gasteiger partial charge on any atom is -0.497 e. The fourth-order valence-corrected chi connectivity index (χ4v) is 4.24. The van der Waals surface area contributed by atoms with E-state index in [1.54, 1.807) is 14.2 Å². The summed E-state index contributed by atoms with van der Waals surface area (Å²) in [6.45, 7) is 0. The third-order valence-electron chi connectivity index (χ3n) is 5.82. The lowest BCUT2D eigenvalue weighted by Crippen LogP contribution is -2.43. The van der Waals surface area contributed by atoms with Crippen LogP contribution in [-0.2, 0) is 4.79 Å². The highest BCUT2D eigenvalue weighted by molar-refractivity contribution is 6.16. The number of methoxy groups -OCH3 is 2. The van der Waals surface area contributed by atoms with Crippen LogP contribution < -0.4 is 9.47 Å². The van der Waals surface area contributed by atoms with Gasteiger partial charge in [0.25, 0.3) is 0 Å². The monoisotopic (exact) mass is 375 g/mol. The lowest BCUT2D eigenvalue weighted by Gasteiger charge is -2.34. The number of nitrogens with zero attached hydrogens (tertiary/aromatic N) is 1. The van der Waals surface area contributed by atoms with Crippen LogP contribution in [0.1, 0.15) is 24.0 Å². The van der Waals surface area contributed by atoms with Crippen LogP contribution in [0.2, 0.25) is 0 Å². The second-order valence-corrected chi connectivity index (χ2v) is 7.35. The minimum atomic E-state index is 0.164. The standard InChI is InChI=1S/C24H25NO3/c1-25-22-12-13-23(25)21(15-17-6-10-19(28-3)11-7-17)24(26)20(22)14-16-4-8-18(27-2)9-5-16/h4-11,14-15,22-23H,12-13H2,1-3H3/b20-14+,21-15+. The number of hydrogen-bond donors (Lipinski definition) is 0. The molecular formula is C24H25NO3. The summed E-state index contributed by atoms with van der Waals surface area (Å²) in [7, 11) is 5.43. The van der Waals surface area contributed by atoms with Crippen LogP contribution in [0.5, 0.6) is 11.5 Å². The van der Waals surface area contributed by atoms with Crippen LogP contribution in [0.25, 0.3) is 12.2 Å². The highest BCUT2D eigenvalue weighted by Crippen LogP contribution is 2.40. The maximum Gasteiger partial charge on any atom is 0.188 e. The fourth-order valence-electron chi connectivity index (χ4n) is 4.24. The molecule has 2 fully saturated rings. The summed E-state index contributed by atoms with van der Waals surface area (Å²) in [6, 6.07) is 16.0. The van der Waals surface area contributed by atoms with E-state index in [9.17, 15) is 4.79 Å². The Morgan fingerprint density at radius 1 is 0.786 bits per heavy atom. The molecule has 2 unspecified atom stereocenters. The van der Waals surface area contributed by atoms with Crippen LogP contribution >= 0.6 is 0 Å². The van der Waals surface area contributed by atoms with Crippen molar-refractivity contribution in [3.63, 3.8) is 0 Å². The molecule has 4 nitrogen and oxygen atoms in total. The molecule has 4 heteroatoms. The molecule has 2 aromatic rings. The first kappa shape index (κ1) is 18.5. The van der Waals surface area contributed by atoms with Crippen molar-refractivity contribution in [2.45, 2.75) is 24.9 Å². The summed E-state index contributed by atoms with van der Waals surface area (Å²) >= 11 is 0. The number of carbonyl (C=O) groups excluding carboxylic acids is 1. The number of piperidine rings is 1. The topological polar surface area (TPSA) is 38.8 Å². The van der Waals surface area contributed by atoms with Crippen LogP contribution in [0.15, 0.2) is 59.7 Å². The van der Waals surface area contributed by atoms with Gasteiger partial charge in [0.05, 0.1) is 14.2 Å². The van der Waals surface area contributed by atoms with Gasteiger partial charge in [-0.2, -0.15) is 0 Å². The molecule has 2 aliphatic heterocycles. The van der Waals surface area contributed by atoms with Gasteiger partial charge in [0.2, 0.25) is 0 Å². The Morgan fingerprint density at radius 3 is 1.54 bits per heavy atom. The number of fused-ring (bicyclic) bond motifs is 2. The molecule has 0 amide bonds. The van der Waals surface area contributed by atoms with E-state index in [0.29, 0.717) is 0 Å². The van der Waals surface area contributed by atoms with Crippen molar-refractivity contribution >= 4 is 17.9 Å². The predicted molar refractivity (Wildman–Crippen MR) is 112 cm³/mol.